The lowest BCUT2D eigenvalue weighted by molar-refractivity contribution is 0.215. The van der Waals surface area contributed by atoms with Crippen LogP contribution in [0.1, 0.15) is 23.4 Å². The number of hydrogen-bond acceptors (Lipinski definition) is 5. The van der Waals surface area contributed by atoms with Gasteiger partial charge in [-0.25, -0.2) is 19.4 Å². The van der Waals surface area contributed by atoms with Crippen LogP contribution in [-0.4, -0.2) is 56.9 Å². The van der Waals surface area contributed by atoms with Crippen LogP contribution in [0.4, 0.5) is 16.3 Å². The third-order valence-corrected chi connectivity index (χ3v) is 6.21. The lowest BCUT2D eigenvalue weighted by atomic mass is 10.1. The SMILES string of the molecule is Cc1ccc(-n2ncc3c(N4CCCN(C(=O)Nc5ccccc5)CC4)nc(C)nc32)c(C)c1. The molecular weight excluding hydrogens is 426 g/mol. The first-order chi connectivity index (χ1) is 16.5. The summed E-state index contributed by atoms with van der Waals surface area (Å²) < 4.78 is 1.90. The number of aryl methyl sites for hydroxylation is 3. The second kappa shape index (κ2) is 9.13. The minimum atomic E-state index is -0.0697. The Morgan fingerprint density at radius 3 is 2.56 bits per heavy atom. The Bertz CT molecular complexity index is 1330. The van der Waals surface area contributed by atoms with Crippen LogP contribution < -0.4 is 10.2 Å². The topological polar surface area (TPSA) is 79.2 Å². The fourth-order valence-electron chi connectivity index (χ4n) is 4.52. The van der Waals surface area contributed by atoms with Crippen molar-refractivity contribution in [3.63, 3.8) is 0 Å². The van der Waals surface area contributed by atoms with Crippen LogP contribution in [0.3, 0.4) is 0 Å². The smallest absolute Gasteiger partial charge is 0.321 e. The summed E-state index contributed by atoms with van der Waals surface area (Å²) in [6.07, 6.45) is 2.71. The molecule has 2 aromatic carbocycles. The summed E-state index contributed by atoms with van der Waals surface area (Å²) in [6, 6.07) is 15.8. The standard InChI is InChI=1S/C26H29N7O/c1-18-10-11-23(19(2)16-18)33-25-22(17-27-33)24(28-20(3)29-25)31-12-7-13-32(15-14-31)26(34)30-21-8-5-4-6-9-21/h4-6,8-11,16-17H,7,12-15H2,1-3H3,(H,30,34). The van der Waals surface area contributed by atoms with E-state index < -0.39 is 0 Å². The van der Waals surface area contributed by atoms with Gasteiger partial charge in [0.05, 0.1) is 17.3 Å². The van der Waals surface area contributed by atoms with E-state index in [1.807, 2.05) is 53.0 Å². The van der Waals surface area contributed by atoms with Gasteiger partial charge in [-0.15, -0.1) is 0 Å². The Balaban J connectivity index is 1.40. The van der Waals surface area contributed by atoms with Crippen LogP contribution in [0.15, 0.2) is 54.7 Å². The van der Waals surface area contributed by atoms with E-state index in [-0.39, 0.29) is 6.03 Å². The van der Waals surface area contributed by atoms with Crippen molar-refractivity contribution >= 4 is 28.6 Å². The molecule has 1 aliphatic heterocycles. The summed E-state index contributed by atoms with van der Waals surface area (Å²) in [4.78, 5) is 26.4. The molecule has 2 aromatic heterocycles. The number of nitrogens with one attached hydrogen (secondary N) is 1. The largest absolute Gasteiger partial charge is 0.354 e. The molecule has 0 atom stereocenters. The first-order valence-electron chi connectivity index (χ1n) is 11.7. The summed E-state index contributed by atoms with van der Waals surface area (Å²) in [5.74, 6) is 1.58. The van der Waals surface area contributed by atoms with Crippen LogP contribution in [0.5, 0.6) is 0 Å². The monoisotopic (exact) mass is 455 g/mol. The van der Waals surface area contributed by atoms with Gasteiger partial charge in [0.15, 0.2) is 5.65 Å². The van der Waals surface area contributed by atoms with Crippen molar-refractivity contribution in [1.29, 1.82) is 0 Å². The number of aromatic nitrogens is 4. The highest BCUT2D eigenvalue weighted by Crippen LogP contribution is 2.28. The van der Waals surface area contributed by atoms with Gasteiger partial charge < -0.3 is 15.1 Å². The van der Waals surface area contributed by atoms with Gasteiger partial charge in [0.2, 0.25) is 0 Å². The van der Waals surface area contributed by atoms with Gasteiger partial charge in [-0.2, -0.15) is 5.10 Å². The molecule has 0 aliphatic carbocycles. The van der Waals surface area contributed by atoms with Crippen LogP contribution in [0, 0.1) is 20.8 Å². The number of fused-ring (bicyclic) bond motifs is 1. The second-order valence-electron chi connectivity index (χ2n) is 8.80. The Labute approximate surface area is 199 Å². The molecule has 5 rings (SSSR count). The van der Waals surface area contributed by atoms with E-state index in [2.05, 4.69) is 47.4 Å². The van der Waals surface area contributed by atoms with E-state index in [1.165, 1.54) is 5.56 Å². The van der Waals surface area contributed by atoms with Crippen molar-refractivity contribution in [2.75, 3.05) is 36.4 Å². The maximum atomic E-state index is 12.8. The van der Waals surface area contributed by atoms with E-state index in [0.29, 0.717) is 25.5 Å². The Kier molecular flexibility index (Phi) is 5.88. The van der Waals surface area contributed by atoms with Gasteiger partial charge in [-0.3, -0.25) is 0 Å². The summed E-state index contributed by atoms with van der Waals surface area (Å²) in [7, 11) is 0. The molecule has 1 N–H and O–H groups in total. The summed E-state index contributed by atoms with van der Waals surface area (Å²) in [6.45, 7) is 8.93. The molecule has 174 valence electrons. The highest BCUT2D eigenvalue weighted by molar-refractivity contribution is 5.90. The number of anilines is 2. The third-order valence-electron chi connectivity index (χ3n) is 6.21. The average molecular weight is 456 g/mol. The number of rotatable bonds is 3. The van der Waals surface area contributed by atoms with E-state index in [4.69, 9.17) is 9.97 Å². The fraction of sp³-hybridized carbons (Fsp3) is 0.308. The highest BCUT2D eigenvalue weighted by Gasteiger charge is 2.23. The molecule has 8 nitrogen and oxygen atoms in total. The van der Waals surface area contributed by atoms with Crippen LogP contribution in [0.25, 0.3) is 16.7 Å². The van der Waals surface area contributed by atoms with E-state index in [1.54, 1.807) is 0 Å². The fourth-order valence-corrected chi connectivity index (χ4v) is 4.52. The quantitative estimate of drug-likeness (QED) is 0.493. The van der Waals surface area contributed by atoms with Gasteiger partial charge >= 0.3 is 6.03 Å². The van der Waals surface area contributed by atoms with Crippen LogP contribution in [0.2, 0.25) is 0 Å². The van der Waals surface area contributed by atoms with Crippen molar-refractivity contribution in [2.45, 2.75) is 27.2 Å². The predicted molar refractivity (Wildman–Crippen MR) is 135 cm³/mol. The van der Waals surface area contributed by atoms with Gasteiger partial charge in [0, 0.05) is 31.9 Å². The zero-order valence-corrected chi connectivity index (χ0v) is 19.8. The summed E-state index contributed by atoms with van der Waals surface area (Å²) in [5, 5.41) is 8.60. The third kappa shape index (κ3) is 4.31. The molecular formula is C26H29N7O. The van der Waals surface area contributed by atoms with Crippen molar-refractivity contribution in [2.24, 2.45) is 0 Å². The number of para-hydroxylation sites is 1. The second-order valence-corrected chi connectivity index (χ2v) is 8.80. The summed E-state index contributed by atoms with van der Waals surface area (Å²) in [5.41, 5.74) is 4.99. The number of amides is 2. The predicted octanol–water partition coefficient (Wildman–Crippen LogP) is 4.48. The first kappa shape index (κ1) is 21.9. The molecule has 0 saturated carbocycles. The zero-order chi connectivity index (χ0) is 23.7. The average Bonchev–Trinajstić information content (AvgIpc) is 3.07. The lowest BCUT2D eigenvalue weighted by Gasteiger charge is -2.23. The number of benzene rings is 2. The minimum absolute atomic E-state index is 0.0697. The highest BCUT2D eigenvalue weighted by atomic mass is 16.2. The molecule has 8 heteroatoms. The Hall–Kier alpha value is -3.94. The van der Waals surface area contributed by atoms with E-state index >= 15 is 0 Å². The maximum absolute atomic E-state index is 12.8. The van der Waals surface area contributed by atoms with Gasteiger partial charge in [0.1, 0.15) is 11.6 Å². The molecule has 2 amide bonds. The van der Waals surface area contributed by atoms with Crippen LogP contribution in [-0.2, 0) is 0 Å². The number of carbonyl (C=O) groups is 1. The van der Waals surface area contributed by atoms with Crippen molar-refractivity contribution in [3.8, 4) is 5.69 Å². The molecule has 0 spiro atoms. The number of urea groups is 1. The van der Waals surface area contributed by atoms with Gasteiger partial charge in [-0.1, -0.05) is 35.9 Å². The summed E-state index contributed by atoms with van der Waals surface area (Å²) >= 11 is 0. The zero-order valence-electron chi connectivity index (χ0n) is 19.8. The van der Waals surface area contributed by atoms with Crippen LogP contribution >= 0.6 is 0 Å². The van der Waals surface area contributed by atoms with Crippen molar-refractivity contribution in [3.05, 3.63) is 71.7 Å². The molecule has 4 aromatic rings. The molecule has 34 heavy (non-hydrogen) atoms. The molecule has 1 fully saturated rings. The molecule has 3 heterocycles. The van der Waals surface area contributed by atoms with E-state index in [0.717, 1.165) is 46.8 Å². The normalized spacial score (nSPS) is 14.3. The molecule has 0 unspecified atom stereocenters. The Morgan fingerprint density at radius 1 is 0.941 bits per heavy atom. The van der Waals surface area contributed by atoms with Gasteiger partial charge in [-0.05, 0) is 51.0 Å². The molecule has 0 bridgehead atoms. The minimum Gasteiger partial charge on any atom is -0.354 e. The first-order valence-corrected chi connectivity index (χ1v) is 11.7. The number of carbonyl (C=O) groups excluding carboxylic acids is 1. The molecule has 1 saturated heterocycles. The van der Waals surface area contributed by atoms with Crippen molar-refractivity contribution < 1.29 is 4.79 Å². The Morgan fingerprint density at radius 2 is 1.76 bits per heavy atom. The van der Waals surface area contributed by atoms with E-state index in [9.17, 15) is 4.79 Å². The maximum Gasteiger partial charge on any atom is 0.321 e. The lowest BCUT2D eigenvalue weighted by Crippen LogP contribution is -2.38. The molecule has 0 radical (unpaired) electrons. The number of hydrogen-bond donors (Lipinski definition) is 1. The number of nitrogens with zero attached hydrogens (tertiary/aromatic N) is 6. The molecule has 1 aliphatic rings. The van der Waals surface area contributed by atoms with Crippen molar-refractivity contribution in [1.82, 2.24) is 24.6 Å². The van der Waals surface area contributed by atoms with Gasteiger partial charge in [0.25, 0.3) is 0 Å².